The van der Waals surface area contributed by atoms with E-state index in [9.17, 15) is 8.78 Å². The minimum absolute atomic E-state index is 0.104. The van der Waals surface area contributed by atoms with Gasteiger partial charge in [-0.2, -0.15) is 4.39 Å². The van der Waals surface area contributed by atoms with Crippen LogP contribution in [0.25, 0.3) is 0 Å². The molecule has 0 unspecified atom stereocenters. The number of hydrogen-bond acceptors (Lipinski definition) is 2. The summed E-state index contributed by atoms with van der Waals surface area (Å²) in [6, 6.07) is 2.24. The van der Waals surface area contributed by atoms with Gasteiger partial charge in [-0.1, -0.05) is 0 Å². The van der Waals surface area contributed by atoms with Gasteiger partial charge in [0, 0.05) is 0 Å². The lowest BCUT2D eigenvalue weighted by molar-refractivity contribution is 0.229. The van der Waals surface area contributed by atoms with Crippen LogP contribution in [0.3, 0.4) is 0 Å². The van der Waals surface area contributed by atoms with Gasteiger partial charge in [0.05, 0.1) is 11.8 Å². The van der Waals surface area contributed by atoms with Crippen LogP contribution >= 0.6 is 0 Å². The first-order chi connectivity index (χ1) is 6.02. The number of hydrogen-bond donors (Lipinski definition) is 1. The molecule has 0 atom stereocenters. The molecule has 0 fully saturated rings. The fourth-order valence-electron chi connectivity index (χ4n) is 0.902. The molecule has 0 spiro atoms. The van der Waals surface area contributed by atoms with E-state index >= 15 is 0 Å². The van der Waals surface area contributed by atoms with Gasteiger partial charge < -0.3 is 10.5 Å². The molecule has 0 radical (unpaired) electrons. The first-order valence-electron chi connectivity index (χ1n) is 3.92. The Bertz CT molecular complexity index is 313. The molecule has 2 nitrogen and oxygen atoms in total. The molecule has 0 aromatic heterocycles. The molecule has 13 heavy (non-hydrogen) atoms. The number of halogens is 2. The van der Waals surface area contributed by atoms with E-state index in [1.54, 1.807) is 13.8 Å². The molecule has 0 aliphatic heterocycles. The van der Waals surface area contributed by atoms with Crippen molar-refractivity contribution in [1.82, 2.24) is 0 Å². The summed E-state index contributed by atoms with van der Waals surface area (Å²) in [7, 11) is 0. The maximum atomic E-state index is 13.0. The average molecular weight is 187 g/mol. The number of benzene rings is 1. The Morgan fingerprint density at radius 3 is 2.46 bits per heavy atom. The van der Waals surface area contributed by atoms with Crippen molar-refractivity contribution in [2.75, 3.05) is 5.73 Å². The van der Waals surface area contributed by atoms with E-state index in [1.165, 1.54) is 6.07 Å². The van der Waals surface area contributed by atoms with Crippen molar-refractivity contribution in [3.8, 4) is 5.75 Å². The van der Waals surface area contributed by atoms with Gasteiger partial charge in [-0.15, -0.1) is 0 Å². The van der Waals surface area contributed by atoms with Crippen molar-refractivity contribution in [3.63, 3.8) is 0 Å². The van der Waals surface area contributed by atoms with Gasteiger partial charge in [0.15, 0.2) is 11.6 Å². The van der Waals surface area contributed by atoms with E-state index in [4.69, 9.17) is 10.5 Å². The molecule has 0 bridgehead atoms. The molecule has 0 saturated heterocycles. The van der Waals surface area contributed by atoms with Crippen molar-refractivity contribution in [1.29, 1.82) is 0 Å². The first kappa shape index (κ1) is 9.77. The fourth-order valence-corrected chi connectivity index (χ4v) is 0.902. The smallest absolute Gasteiger partial charge is 0.202 e. The molecule has 0 amide bonds. The zero-order valence-electron chi connectivity index (χ0n) is 7.47. The second kappa shape index (κ2) is 3.60. The van der Waals surface area contributed by atoms with Crippen LogP contribution in [0, 0.1) is 11.6 Å². The van der Waals surface area contributed by atoms with Crippen LogP contribution in [0.4, 0.5) is 14.5 Å². The highest BCUT2D eigenvalue weighted by molar-refractivity contribution is 5.53. The quantitative estimate of drug-likeness (QED) is 0.721. The van der Waals surface area contributed by atoms with Crippen molar-refractivity contribution in [2.24, 2.45) is 0 Å². The molecule has 72 valence electrons. The van der Waals surface area contributed by atoms with Crippen LogP contribution in [0.15, 0.2) is 12.1 Å². The minimum atomic E-state index is -1.03. The SMILES string of the molecule is CC(C)Oc1c(N)ccc(F)c1F. The number of ether oxygens (including phenoxy) is 1. The fraction of sp³-hybridized carbons (Fsp3) is 0.333. The summed E-state index contributed by atoms with van der Waals surface area (Å²) in [4.78, 5) is 0. The molecular weight excluding hydrogens is 176 g/mol. The van der Waals surface area contributed by atoms with Crippen molar-refractivity contribution < 1.29 is 13.5 Å². The predicted octanol–water partition coefficient (Wildman–Crippen LogP) is 2.33. The van der Waals surface area contributed by atoms with E-state index in [0.29, 0.717) is 0 Å². The summed E-state index contributed by atoms with van der Waals surface area (Å²) in [6.45, 7) is 3.42. The van der Waals surface area contributed by atoms with Gasteiger partial charge in [-0.05, 0) is 26.0 Å². The number of nitrogen functional groups attached to an aromatic ring is 1. The Morgan fingerprint density at radius 2 is 1.92 bits per heavy atom. The predicted molar refractivity (Wildman–Crippen MR) is 46.5 cm³/mol. The molecule has 1 rings (SSSR count). The van der Waals surface area contributed by atoms with E-state index < -0.39 is 11.6 Å². The highest BCUT2D eigenvalue weighted by Crippen LogP contribution is 2.27. The third-order valence-electron chi connectivity index (χ3n) is 1.43. The number of rotatable bonds is 2. The Morgan fingerprint density at radius 1 is 1.31 bits per heavy atom. The standard InChI is InChI=1S/C9H11F2NO/c1-5(2)13-9-7(12)4-3-6(10)8(9)11/h3-5H,12H2,1-2H3. The van der Waals surface area contributed by atoms with Gasteiger partial charge in [0.1, 0.15) is 0 Å². The van der Waals surface area contributed by atoms with Crippen molar-refractivity contribution >= 4 is 5.69 Å². The Hall–Kier alpha value is -1.32. The monoisotopic (exact) mass is 187 g/mol. The van der Waals surface area contributed by atoms with E-state index in [0.717, 1.165) is 6.07 Å². The molecular formula is C9H11F2NO. The molecule has 4 heteroatoms. The van der Waals surface area contributed by atoms with Crippen LogP contribution in [0.2, 0.25) is 0 Å². The zero-order valence-corrected chi connectivity index (χ0v) is 7.47. The summed E-state index contributed by atoms with van der Waals surface area (Å²) in [5, 5.41) is 0. The molecule has 0 aliphatic rings. The lowest BCUT2D eigenvalue weighted by atomic mass is 10.2. The van der Waals surface area contributed by atoms with Crippen LogP contribution < -0.4 is 10.5 Å². The molecule has 0 heterocycles. The van der Waals surface area contributed by atoms with Gasteiger partial charge in [0.2, 0.25) is 5.82 Å². The van der Waals surface area contributed by atoms with Gasteiger partial charge in [0.25, 0.3) is 0 Å². The second-order valence-corrected chi connectivity index (χ2v) is 2.95. The number of nitrogens with two attached hydrogens (primary N) is 1. The van der Waals surface area contributed by atoms with Crippen LogP contribution in [-0.4, -0.2) is 6.10 Å². The van der Waals surface area contributed by atoms with Crippen LogP contribution in [-0.2, 0) is 0 Å². The van der Waals surface area contributed by atoms with Crippen LogP contribution in [0.5, 0.6) is 5.75 Å². The zero-order chi connectivity index (χ0) is 10.0. The maximum Gasteiger partial charge on any atom is 0.202 e. The minimum Gasteiger partial charge on any atom is -0.486 e. The normalized spacial score (nSPS) is 10.5. The van der Waals surface area contributed by atoms with Crippen molar-refractivity contribution in [2.45, 2.75) is 20.0 Å². The molecule has 0 saturated carbocycles. The molecule has 2 N–H and O–H groups in total. The first-order valence-corrected chi connectivity index (χ1v) is 3.92. The summed E-state index contributed by atoms with van der Waals surface area (Å²) in [5.74, 6) is -2.20. The molecule has 0 aliphatic carbocycles. The molecule has 1 aromatic carbocycles. The highest BCUT2D eigenvalue weighted by Gasteiger charge is 2.13. The maximum absolute atomic E-state index is 13.0. The summed E-state index contributed by atoms with van der Waals surface area (Å²) < 4.78 is 30.8. The lowest BCUT2D eigenvalue weighted by Crippen LogP contribution is -2.09. The highest BCUT2D eigenvalue weighted by atomic mass is 19.2. The lowest BCUT2D eigenvalue weighted by Gasteiger charge is -2.12. The summed E-state index contributed by atoms with van der Waals surface area (Å²) >= 11 is 0. The number of anilines is 1. The van der Waals surface area contributed by atoms with Crippen LogP contribution in [0.1, 0.15) is 13.8 Å². The largest absolute Gasteiger partial charge is 0.486 e. The van der Waals surface area contributed by atoms with E-state index in [2.05, 4.69) is 0 Å². The van der Waals surface area contributed by atoms with Gasteiger partial charge in [-0.25, -0.2) is 4.39 Å². The summed E-state index contributed by atoms with van der Waals surface area (Å²) in [6.07, 6.45) is -0.237. The Labute approximate surface area is 75.3 Å². The van der Waals surface area contributed by atoms with Crippen molar-refractivity contribution in [3.05, 3.63) is 23.8 Å². The average Bonchev–Trinajstić information content (AvgIpc) is 2.05. The van der Waals surface area contributed by atoms with Gasteiger partial charge in [-0.3, -0.25) is 0 Å². The van der Waals surface area contributed by atoms with E-state index in [1.807, 2.05) is 0 Å². The third kappa shape index (κ3) is 2.08. The Kier molecular flexibility index (Phi) is 2.70. The topological polar surface area (TPSA) is 35.2 Å². The third-order valence-corrected chi connectivity index (χ3v) is 1.43. The van der Waals surface area contributed by atoms with E-state index in [-0.39, 0.29) is 17.5 Å². The molecule has 1 aromatic rings. The second-order valence-electron chi connectivity index (χ2n) is 2.95. The Balaban J connectivity index is 3.10. The summed E-state index contributed by atoms with van der Waals surface area (Å²) in [5.41, 5.74) is 5.51. The van der Waals surface area contributed by atoms with Gasteiger partial charge >= 0.3 is 0 Å².